The molecule has 11 nitrogen and oxygen atoms in total. The quantitative estimate of drug-likeness (QED) is 0.213. The van der Waals surface area contributed by atoms with E-state index in [1.54, 1.807) is 12.0 Å². The Morgan fingerprint density at radius 1 is 1.05 bits per heavy atom. The third kappa shape index (κ3) is 9.22. The molecule has 43 heavy (non-hydrogen) atoms. The molecule has 0 spiro atoms. The first-order valence-corrected chi connectivity index (χ1v) is 15.7. The summed E-state index contributed by atoms with van der Waals surface area (Å²) in [4.78, 5) is 44.6. The van der Waals surface area contributed by atoms with Crippen molar-refractivity contribution in [3.05, 3.63) is 17.7 Å². The Bertz CT molecular complexity index is 1110. The van der Waals surface area contributed by atoms with E-state index in [4.69, 9.17) is 14.2 Å². The Balaban J connectivity index is 1.89. The minimum atomic E-state index is -0.921. The fourth-order valence-electron chi connectivity index (χ4n) is 6.25. The SMILES string of the molecule is CCCCN(CCCC[N+](C)(C)C)C(=O)CN1C[C@H](c2cc(OC)c3c(c2)OCO3)C(C(=O)O)[C@@H]1CCN(CC)C(C)=O. The van der Waals surface area contributed by atoms with Gasteiger partial charge >= 0.3 is 5.97 Å². The summed E-state index contributed by atoms with van der Waals surface area (Å²) in [5.41, 5.74) is 0.774. The average molecular weight is 606 g/mol. The van der Waals surface area contributed by atoms with Crippen molar-refractivity contribution in [3.8, 4) is 17.2 Å². The second-order valence-corrected chi connectivity index (χ2v) is 12.8. The van der Waals surface area contributed by atoms with Gasteiger partial charge in [-0.1, -0.05) is 13.3 Å². The van der Waals surface area contributed by atoms with Crippen LogP contribution in [0.2, 0.25) is 0 Å². The first kappa shape index (κ1) is 34.4. The smallest absolute Gasteiger partial charge is 0.308 e. The van der Waals surface area contributed by atoms with E-state index in [0.29, 0.717) is 56.4 Å². The number of likely N-dealkylation sites (tertiary alicyclic amines) is 1. The van der Waals surface area contributed by atoms with Gasteiger partial charge in [-0.3, -0.25) is 19.3 Å². The number of ether oxygens (including phenoxy) is 3. The number of unbranched alkanes of at least 4 members (excludes halogenated alkanes) is 2. The highest BCUT2D eigenvalue weighted by atomic mass is 16.7. The highest BCUT2D eigenvalue weighted by Gasteiger charge is 2.47. The van der Waals surface area contributed by atoms with Crippen LogP contribution in [0.15, 0.2) is 12.1 Å². The second kappa shape index (κ2) is 15.6. The Hall–Kier alpha value is -3.05. The van der Waals surface area contributed by atoms with E-state index < -0.39 is 23.8 Å². The number of carboxylic acids is 1. The van der Waals surface area contributed by atoms with Crippen LogP contribution in [0.5, 0.6) is 17.2 Å². The van der Waals surface area contributed by atoms with Crippen molar-refractivity contribution in [3.63, 3.8) is 0 Å². The number of rotatable bonds is 17. The molecule has 0 bridgehead atoms. The van der Waals surface area contributed by atoms with Gasteiger partial charge in [0.25, 0.3) is 0 Å². The first-order chi connectivity index (χ1) is 20.4. The van der Waals surface area contributed by atoms with Crippen LogP contribution in [-0.4, -0.2) is 129 Å². The van der Waals surface area contributed by atoms with E-state index in [-0.39, 0.29) is 25.2 Å². The molecule has 1 N–H and O–H groups in total. The van der Waals surface area contributed by atoms with Crippen LogP contribution in [-0.2, 0) is 14.4 Å². The van der Waals surface area contributed by atoms with Crippen molar-refractivity contribution < 1.29 is 38.2 Å². The fraction of sp³-hybridized carbons (Fsp3) is 0.719. The molecular formula is C32H53N4O7+. The molecular weight excluding hydrogens is 552 g/mol. The van der Waals surface area contributed by atoms with E-state index >= 15 is 0 Å². The molecule has 242 valence electrons. The van der Waals surface area contributed by atoms with E-state index in [9.17, 15) is 19.5 Å². The number of amides is 2. The zero-order valence-electron chi connectivity index (χ0n) is 27.3. The molecule has 1 aromatic carbocycles. The zero-order chi connectivity index (χ0) is 31.7. The van der Waals surface area contributed by atoms with Gasteiger partial charge in [-0.2, -0.15) is 0 Å². The van der Waals surface area contributed by atoms with Crippen LogP contribution in [0.3, 0.4) is 0 Å². The summed E-state index contributed by atoms with van der Waals surface area (Å²) in [5, 5.41) is 10.6. The lowest BCUT2D eigenvalue weighted by molar-refractivity contribution is -0.870. The molecule has 0 radical (unpaired) electrons. The number of carboxylic acid groups (broad SMARTS) is 1. The number of hydrogen-bond acceptors (Lipinski definition) is 7. The maximum Gasteiger partial charge on any atom is 0.308 e. The second-order valence-electron chi connectivity index (χ2n) is 12.8. The number of quaternary nitrogens is 1. The summed E-state index contributed by atoms with van der Waals surface area (Å²) in [7, 11) is 8.06. The lowest BCUT2D eigenvalue weighted by Crippen LogP contribution is -2.46. The molecule has 2 aliphatic heterocycles. The summed E-state index contributed by atoms with van der Waals surface area (Å²) in [6, 6.07) is 3.23. The van der Waals surface area contributed by atoms with Crippen molar-refractivity contribution in [1.82, 2.24) is 14.7 Å². The van der Waals surface area contributed by atoms with Crippen molar-refractivity contribution in [2.24, 2.45) is 5.92 Å². The Morgan fingerprint density at radius 3 is 2.37 bits per heavy atom. The predicted octanol–water partition coefficient (Wildman–Crippen LogP) is 3.27. The standard InChI is InChI=1S/C32H52N4O7/c1-8-10-14-34(15-11-12-17-36(4,5)6)29(38)21-35-20-25(24-18-27(41-7)31-28(19-24)42-22-43-31)30(32(39)40)26(35)13-16-33(9-2)23(3)37/h18-19,25-26,30H,8-17,20-22H2,1-7H3/p+1/t25-,26+,30?/m1/s1. The molecule has 2 aliphatic rings. The molecule has 3 atom stereocenters. The number of carbonyl (C=O) groups is 3. The number of methoxy groups -OCH3 is 1. The number of nitrogens with zero attached hydrogens (tertiary/aromatic N) is 4. The summed E-state index contributed by atoms with van der Waals surface area (Å²) < 4.78 is 17.6. The third-order valence-corrected chi connectivity index (χ3v) is 8.64. The van der Waals surface area contributed by atoms with Crippen molar-refractivity contribution in [1.29, 1.82) is 0 Å². The van der Waals surface area contributed by atoms with Crippen LogP contribution < -0.4 is 14.2 Å². The largest absolute Gasteiger partial charge is 0.493 e. The number of fused-ring (bicyclic) bond motifs is 1. The molecule has 1 aromatic rings. The summed E-state index contributed by atoms with van der Waals surface area (Å²) >= 11 is 0. The van der Waals surface area contributed by atoms with Gasteiger partial charge in [-0.25, -0.2) is 0 Å². The maximum atomic E-state index is 13.8. The molecule has 1 unspecified atom stereocenters. The van der Waals surface area contributed by atoms with Crippen LogP contribution >= 0.6 is 0 Å². The molecule has 0 aliphatic carbocycles. The highest BCUT2D eigenvalue weighted by Crippen LogP contribution is 2.47. The van der Waals surface area contributed by atoms with E-state index in [2.05, 4.69) is 28.1 Å². The molecule has 0 aromatic heterocycles. The fourth-order valence-corrected chi connectivity index (χ4v) is 6.25. The van der Waals surface area contributed by atoms with Gasteiger partial charge < -0.3 is 33.6 Å². The monoisotopic (exact) mass is 605 g/mol. The van der Waals surface area contributed by atoms with Gasteiger partial charge in [0.1, 0.15) is 0 Å². The van der Waals surface area contributed by atoms with Crippen molar-refractivity contribution >= 4 is 17.8 Å². The van der Waals surface area contributed by atoms with Gasteiger partial charge in [-0.05, 0) is 50.3 Å². The molecule has 2 heterocycles. The third-order valence-electron chi connectivity index (χ3n) is 8.64. The van der Waals surface area contributed by atoms with Crippen molar-refractivity contribution in [2.75, 3.05) is 80.9 Å². The van der Waals surface area contributed by atoms with E-state index in [0.717, 1.165) is 42.3 Å². The first-order valence-electron chi connectivity index (χ1n) is 15.7. The van der Waals surface area contributed by atoms with Gasteiger partial charge in [0.05, 0.1) is 47.3 Å². The number of carbonyl (C=O) groups excluding carboxylic acids is 2. The zero-order valence-corrected chi connectivity index (χ0v) is 27.3. The van der Waals surface area contributed by atoms with Crippen molar-refractivity contribution in [2.45, 2.75) is 64.8 Å². The minimum Gasteiger partial charge on any atom is -0.493 e. The normalized spacial score (nSPS) is 19.8. The average Bonchev–Trinajstić information content (AvgIpc) is 3.56. The number of aliphatic carboxylic acids is 1. The van der Waals surface area contributed by atoms with Gasteiger partial charge in [0.15, 0.2) is 11.5 Å². The molecule has 1 saturated heterocycles. The molecule has 3 rings (SSSR count). The molecule has 1 fully saturated rings. The molecule has 2 amide bonds. The van der Waals surface area contributed by atoms with Crippen LogP contribution in [0.1, 0.15) is 64.4 Å². The molecule has 11 heteroatoms. The van der Waals surface area contributed by atoms with Gasteiger partial charge in [0.2, 0.25) is 24.4 Å². The number of hydrogen-bond donors (Lipinski definition) is 1. The number of benzene rings is 1. The van der Waals surface area contributed by atoms with E-state index in [1.165, 1.54) is 6.92 Å². The maximum absolute atomic E-state index is 13.8. The Labute approximate surface area is 257 Å². The lowest BCUT2D eigenvalue weighted by Gasteiger charge is -2.31. The van der Waals surface area contributed by atoms with Gasteiger partial charge in [-0.15, -0.1) is 0 Å². The summed E-state index contributed by atoms with van der Waals surface area (Å²) in [6.07, 6.45) is 4.32. The van der Waals surface area contributed by atoms with Gasteiger partial charge in [0, 0.05) is 51.6 Å². The summed E-state index contributed by atoms with van der Waals surface area (Å²) in [6.45, 7) is 9.55. The summed E-state index contributed by atoms with van der Waals surface area (Å²) in [5.74, 6) is -0.599. The molecule has 0 saturated carbocycles. The predicted molar refractivity (Wildman–Crippen MR) is 165 cm³/mol. The minimum absolute atomic E-state index is 0.0238. The highest BCUT2D eigenvalue weighted by molar-refractivity contribution is 5.79. The Morgan fingerprint density at radius 2 is 1.77 bits per heavy atom. The Kier molecular flexibility index (Phi) is 12.5. The van der Waals surface area contributed by atoms with E-state index in [1.807, 2.05) is 28.9 Å². The lowest BCUT2D eigenvalue weighted by atomic mass is 9.84. The van der Waals surface area contributed by atoms with Crippen LogP contribution in [0.4, 0.5) is 0 Å². The van der Waals surface area contributed by atoms with Crippen LogP contribution in [0.25, 0.3) is 0 Å². The van der Waals surface area contributed by atoms with Crippen LogP contribution in [0, 0.1) is 5.92 Å². The topological polar surface area (TPSA) is 109 Å².